The maximum Gasteiger partial charge on any atom is 0.342 e. The summed E-state index contributed by atoms with van der Waals surface area (Å²) in [4.78, 5) is 24.5. The van der Waals surface area contributed by atoms with Gasteiger partial charge in [-0.1, -0.05) is 12.1 Å². The predicted octanol–water partition coefficient (Wildman–Crippen LogP) is 2.43. The molecule has 6 heteroatoms. The van der Waals surface area contributed by atoms with E-state index in [0.29, 0.717) is 0 Å². The summed E-state index contributed by atoms with van der Waals surface area (Å²) < 4.78 is 18.6. The molecule has 1 amide bonds. The Morgan fingerprint density at radius 2 is 2.19 bits per heavy atom. The van der Waals surface area contributed by atoms with Crippen molar-refractivity contribution in [3.8, 4) is 5.75 Å². The number of amides is 1. The molecule has 0 aliphatic heterocycles. The molecule has 0 heterocycles. The molecule has 0 saturated carbocycles. The molecule has 112 valence electrons. The Labute approximate surface area is 121 Å². The Morgan fingerprint density at radius 1 is 1.43 bits per heavy atom. The number of halogens is 1. The number of nitrogens with zero attached hydrogens (tertiary/aromatic N) is 1. The number of likely N-dealkylation sites (N-methyl/N-ethyl adjacent to an activating group) is 1. The number of hydrogen-bond acceptors (Lipinski definition) is 3. The number of aromatic carboxylic acids is 1. The highest BCUT2D eigenvalue weighted by Gasteiger charge is 2.20. The standard InChI is InChI=1S/C15H16FNO4/c1-17(10-5-2-3-6-10)13(18)9-21-12-8-4-7-11(16)14(12)15(19)20/h4-5,7-8H,2-3,6,9H2,1H3,(H,19,20). The molecule has 0 radical (unpaired) electrons. The highest BCUT2D eigenvalue weighted by atomic mass is 19.1. The lowest BCUT2D eigenvalue weighted by molar-refractivity contribution is -0.130. The third-order valence-corrected chi connectivity index (χ3v) is 3.36. The first-order valence-corrected chi connectivity index (χ1v) is 6.61. The Morgan fingerprint density at radius 3 is 2.81 bits per heavy atom. The molecule has 0 saturated heterocycles. The molecule has 5 nitrogen and oxygen atoms in total. The van der Waals surface area contributed by atoms with Crippen LogP contribution in [0.25, 0.3) is 0 Å². The Bertz CT molecular complexity index is 597. The summed E-state index contributed by atoms with van der Waals surface area (Å²) in [6, 6.07) is 3.70. The third kappa shape index (κ3) is 3.39. The van der Waals surface area contributed by atoms with Crippen molar-refractivity contribution in [3.63, 3.8) is 0 Å². The highest BCUT2D eigenvalue weighted by molar-refractivity contribution is 5.91. The normalized spacial score (nSPS) is 13.7. The van der Waals surface area contributed by atoms with Crippen LogP contribution in [0.2, 0.25) is 0 Å². The SMILES string of the molecule is CN(C(=O)COc1cccc(F)c1C(=O)O)C1=CCCC1. The Balaban J connectivity index is 2.04. The summed E-state index contributed by atoms with van der Waals surface area (Å²) in [5, 5.41) is 8.97. The summed E-state index contributed by atoms with van der Waals surface area (Å²) in [6.45, 7) is -0.336. The van der Waals surface area contributed by atoms with Gasteiger partial charge in [-0.05, 0) is 31.4 Å². The van der Waals surface area contributed by atoms with Gasteiger partial charge in [0.25, 0.3) is 5.91 Å². The van der Waals surface area contributed by atoms with Gasteiger partial charge in [-0.3, -0.25) is 4.79 Å². The number of carbonyl (C=O) groups excluding carboxylic acids is 1. The third-order valence-electron chi connectivity index (χ3n) is 3.36. The summed E-state index contributed by atoms with van der Waals surface area (Å²) in [6.07, 6.45) is 4.78. The number of benzene rings is 1. The average Bonchev–Trinajstić information content (AvgIpc) is 2.97. The first-order valence-electron chi connectivity index (χ1n) is 6.61. The van der Waals surface area contributed by atoms with Crippen LogP contribution in [0.5, 0.6) is 5.75 Å². The predicted molar refractivity (Wildman–Crippen MR) is 73.6 cm³/mol. The van der Waals surface area contributed by atoms with Crippen LogP contribution in [0, 0.1) is 5.82 Å². The second-order valence-electron chi connectivity index (χ2n) is 4.75. The molecule has 0 aromatic heterocycles. The van der Waals surface area contributed by atoms with Gasteiger partial charge < -0.3 is 14.7 Å². The molecule has 21 heavy (non-hydrogen) atoms. The zero-order valence-corrected chi connectivity index (χ0v) is 11.6. The number of carboxylic acids is 1. The van der Waals surface area contributed by atoms with Crippen LogP contribution in [-0.2, 0) is 4.79 Å². The molecule has 1 aliphatic rings. The van der Waals surface area contributed by atoms with Crippen LogP contribution in [0.15, 0.2) is 30.0 Å². The topological polar surface area (TPSA) is 66.8 Å². The van der Waals surface area contributed by atoms with Gasteiger partial charge >= 0.3 is 5.97 Å². The monoisotopic (exact) mass is 293 g/mol. The molecule has 1 aromatic carbocycles. The molecular weight excluding hydrogens is 277 g/mol. The summed E-state index contributed by atoms with van der Waals surface area (Å²) in [5.74, 6) is -2.77. The van der Waals surface area contributed by atoms with Gasteiger partial charge in [0.1, 0.15) is 17.1 Å². The van der Waals surface area contributed by atoms with Crippen molar-refractivity contribution in [2.24, 2.45) is 0 Å². The molecule has 1 aromatic rings. The summed E-state index contributed by atoms with van der Waals surface area (Å²) >= 11 is 0. The van der Waals surface area contributed by atoms with E-state index in [4.69, 9.17) is 9.84 Å². The summed E-state index contributed by atoms with van der Waals surface area (Å²) in [7, 11) is 1.65. The zero-order chi connectivity index (χ0) is 15.4. The quantitative estimate of drug-likeness (QED) is 0.905. The smallest absolute Gasteiger partial charge is 0.342 e. The van der Waals surface area contributed by atoms with Gasteiger partial charge in [0.05, 0.1) is 0 Å². The molecule has 0 spiro atoms. The number of rotatable bonds is 5. The van der Waals surface area contributed by atoms with Crippen LogP contribution in [0.4, 0.5) is 4.39 Å². The van der Waals surface area contributed by atoms with Crippen molar-refractivity contribution in [3.05, 3.63) is 41.4 Å². The molecule has 0 atom stereocenters. The van der Waals surface area contributed by atoms with E-state index < -0.39 is 17.3 Å². The average molecular weight is 293 g/mol. The van der Waals surface area contributed by atoms with Gasteiger partial charge in [0, 0.05) is 12.7 Å². The van der Waals surface area contributed by atoms with E-state index in [0.717, 1.165) is 31.0 Å². The molecule has 0 fully saturated rings. The van der Waals surface area contributed by atoms with Crippen LogP contribution in [0.3, 0.4) is 0 Å². The minimum absolute atomic E-state index is 0.148. The number of carbonyl (C=O) groups is 2. The van der Waals surface area contributed by atoms with Crippen molar-refractivity contribution in [1.82, 2.24) is 4.90 Å². The van der Waals surface area contributed by atoms with Gasteiger partial charge in [0.2, 0.25) is 0 Å². The number of hydrogen-bond donors (Lipinski definition) is 1. The van der Waals surface area contributed by atoms with Crippen molar-refractivity contribution in [2.45, 2.75) is 19.3 Å². The fraction of sp³-hybridized carbons (Fsp3) is 0.333. The second-order valence-corrected chi connectivity index (χ2v) is 4.75. The van der Waals surface area contributed by atoms with Crippen LogP contribution < -0.4 is 4.74 Å². The molecular formula is C15H16FNO4. The fourth-order valence-corrected chi connectivity index (χ4v) is 2.19. The van der Waals surface area contributed by atoms with Gasteiger partial charge in [-0.15, -0.1) is 0 Å². The van der Waals surface area contributed by atoms with Crippen LogP contribution >= 0.6 is 0 Å². The lowest BCUT2D eigenvalue weighted by Crippen LogP contribution is -2.30. The Kier molecular flexibility index (Phi) is 4.57. The first kappa shape index (κ1) is 15.0. The van der Waals surface area contributed by atoms with Gasteiger partial charge in [-0.25, -0.2) is 9.18 Å². The van der Waals surface area contributed by atoms with E-state index in [1.807, 2.05) is 6.08 Å². The largest absolute Gasteiger partial charge is 0.483 e. The number of ether oxygens (including phenoxy) is 1. The molecule has 0 bridgehead atoms. The van der Waals surface area contributed by atoms with E-state index in [1.165, 1.54) is 17.0 Å². The maximum atomic E-state index is 13.5. The van der Waals surface area contributed by atoms with Crippen molar-refractivity contribution < 1.29 is 23.8 Å². The molecule has 0 unspecified atom stereocenters. The number of allylic oxidation sites excluding steroid dienone is 2. The van der Waals surface area contributed by atoms with Crippen LogP contribution in [-0.4, -0.2) is 35.5 Å². The van der Waals surface area contributed by atoms with Crippen LogP contribution in [0.1, 0.15) is 29.6 Å². The lowest BCUT2D eigenvalue weighted by atomic mass is 10.2. The lowest BCUT2D eigenvalue weighted by Gasteiger charge is -2.19. The molecule has 1 aliphatic carbocycles. The fourth-order valence-electron chi connectivity index (χ4n) is 2.19. The molecule has 1 N–H and O–H groups in total. The van der Waals surface area contributed by atoms with Crippen molar-refractivity contribution >= 4 is 11.9 Å². The van der Waals surface area contributed by atoms with E-state index in [1.54, 1.807) is 7.05 Å². The Hall–Kier alpha value is -2.37. The van der Waals surface area contributed by atoms with E-state index in [2.05, 4.69) is 0 Å². The first-order chi connectivity index (χ1) is 10.0. The maximum absolute atomic E-state index is 13.5. The van der Waals surface area contributed by atoms with Crippen molar-refractivity contribution in [2.75, 3.05) is 13.7 Å². The van der Waals surface area contributed by atoms with Gasteiger partial charge in [0.15, 0.2) is 6.61 Å². The minimum atomic E-state index is -1.43. The second kappa shape index (κ2) is 6.39. The van der Waals surface area contributed by atoms with E-state index in [9.17, 15) is 14.0 Å². The van der Waals surface area contributed by atoms with E-state index in [-0.39, 0.29) is 18.3 Å². The number of carboxylic acid groups (broad SMARTS) is 1. The minimum Gasteiger partial charge on any atom is -0.483 e. The highest BCUT2D eigenvalue weighted by Crippen LogP contribution is 2.23. The zero-order valence-electron chi connectivity index (χ0n) is 11.6. The van der Waals surface area contributed by atoms with Crippen molar-refractivity contribution in [1.29, 1.82) is 0 Å². The van der Waals surface area contributed by atoms with E-state index >= 15 is 0 Å². The summed E-state index contributed by atoms with van der Waals surface area (Å²) in [5.41, 5.74) is 0.370. The molecule has 2 rings (SSSR count). The van der Waals surface area contributed by atoms with Gasteiger partial charge in [-0.2, -0.15) is 0 Å².